The fraction of sp³-hybridized carbons (Fsp3) is 0.227. The van der Waals surface area contributed by atoms with Gasteiger partial charge in [-0.2, -0.15) is 5.10 Å². The molecule has 2 heterocycles. The second-order valence-electron chi connectivity index (χ2n) is 7.04. The van der Waals surface area contributed by atoms with Crippen LogP contribution < -0.4 is 10.5 Å². The molecule has 154 valence electrons. The molecule has 1 aliphatic heterocycles. The van der Waals surface area contributed by atoms with Crippen LogP contribution in [-0.4, -0.2) is 46.8 Å². The number of hydrogen-bond acceptors (Lipinski definition) is 4. The Morgan fingerprint density at radius 1 is 1.00 bits per heavy atom. The van der Waals surface area contributed by atoms with E-state index in [1.165, 1.54) is 18.2 Å². The van der Waals surface area contributed by atoms with Crippen molar-refractivity contribution in [3.05, 3.63) is 81.9 Å². The third-order valence-electron chi connectivity index (χ3n) is 5.11. The van der Waals surface area contributed by atoms with Gasteiger partial charge in [0, 0.05) is 48.5 Å². The molecule has 0 unspecified atom stereocenters. The van der Waals surface area contributed by atoms with E-state index in [1.54, 1.807) is 23.1 Å². The maximum Gasteiger partial charge on any atom is 0.267 e. The van der Waals surface area contributed by atoms with Gasteiger partial charge in [0.2, 0.25) is 5.91 Å². The van der Waals surface area contributed by atoms with Crippen molar-refractivity contribution in [1.29, 1.82) is 0 Å². The van der Waals surface area contributed by atoms with Gasteiger partial charge in [0.05, 0.1) is 5.69 Å². The van der Waals surface area contributed by atoms with Crippen LogP contribution in [-0.2, 0) is 11.3 Å². The molecule has 8 heteroatoms. The van der Waals surface area contributed by atoms with Gasteiger partial charge in [-0.05, 0) is 36.4 Å². The van der Waals surface area contributed by atoms with Crippen LogP contribution in [0.3, 0.4) is 0 Å². The summed E-state index contributed by atoms with van der Waals surface area (Å²) in [4.78, 5) is 28.8. The maximum atomic E-state index is 14.0. The van der Waals surface area contributed by atoms with Crippen LogP contribution in [0.2, 0.25) is 5.02 Å². The Bertz CT molecular complexity index is 1130. The highest BCUT2D eigenvalue weighted by Gasteiger charge is 2.22. The molecule has 1 saturated heterocycles. The lowest BCUT2D eigenvalue weighted by Crippen LogP contribution is -2.50. The van der Waals surface area contributed by atoms with Crippen LogP contribution in [0.4, 0.5) is 10.1 Å². The molecule has 0 aliphatic carbocycles. The molecule has 0 radical (unpaired) electrons. The summed E-state index contributed by atoms with van der Waals surface area (Å²) < 4.78 is 15.1. The summed E-state index contributed by atoms with van der Waals surface area (Å²) in [5.41, 5.74) is 1.21. The van der Waals surface area contributed by atoms with Crippen LogP contribution in [0, 0.1) is 5.82 Å². The van der Waals surface area contributed by atoms with E-state index in [2.05, 4.69) is 10.00 Å². The third-order valence-corrected chi connectivity index (χ3v) is 5.34. The van der Waals surface area contributed by atoms with Crippen LogP contribution in [0.1, 0.15) is 0 Å². The SMILES string of the molecule is O=C(Cn1nc(-c2ccccc2F)ccc1=O)N1CCN(c2cccc(Cl)c2)CC1. The molecule has 0 saturated carbocycles. The van der Waals surface area contributed by atoms with Gasteiger partial charge in [-0.1, -0.05) is 29.8 Å². The van der Waals surface area contributed by atoms with Crippen molar-refractivity contribution in [3.8, 4) is 11.3 Å². The first-order valence-electron chi connectivity index (χ1n) is 9.62. The van der Waals surface area contributed by atoms with Crippen molar-refractivity contribution in [2.24, 2.45) is 0 Å². The molecule has 1 aromatic heterocycles. The van der Waals surface area contributed by atoms with Gasteiger partial charge in [-0.25, -0.2) is 9.07 Å². The summed E-state index contributed by atoms with van der Waals surface area (Å²) >= 11 is 6.06. The Hall–Kier alpha value is -3.19. The molecule has 1 aliphatic rings. The molecule has 0 atom stereocenters. The van der Waals surface area contributed by atoms with Gasteiger partial charge in [0.25, 0.3) is 5.56 Å². The Labute approximate surface area is 178 Å². The lowest BCUT2D eigenvalue weighted by Gasteiger charge is -2.36. The molecular weight excluding hydrogens is 407 g/mol. The van der Waals surface area contributed by atoms with E-state index >= 15 is 0 Å². The first-order valence-corrected chi connectivity index (χ1v) is 10.0. The summed E-state index contributed by atoms with van der Waals surface area (Å²) in [5.74, 6) is -0.625. The Balaban J connectivity index is 1.44. The molecule has 0 bridgehead atoms. The monoisotopic (exact) mass is 426 g/mol. The molecule has 0 N–H and O–H groups in total. The van der Waals surface area contributed by atoms with Crippen molar-refractivity contribution >= 4 is 23.2 Å². The summed E-state index contributed by atoms with van der Waals surface area (Å²) in [5, 5.41) is 4.87. The minimum atomic E-state index is -0.432. The number of halogens is 2. The van der Waals surface area contributed by atoms with Gasteiger partial charge in [-0.15, -0.1) is 0 Å². The number of carbonyl (C=O) groups excluding carboxylic acids is 1. The average molecular weight is 427 g/mol. The van der Waals surface area contributed by atoms with Gasteiger partial charge < -0.3 is 9.80 Å². The van der Waals surface area contributed by atoms with E-state index in [4.69, 9.17) is 11.6 Å². The molecule has 0 spiro atoms. The second-order valence-corrected chi connectivity index (χ2v) is 7.48. The number of carbonyl (C=O) groups is 1. The van der Waals surface area contributed by atoms with Crippen molar-refractivity contribution in [2.45, 2.75) is 6.54 Å². The van der Waals surface area contributed by atoms with Crippen molar-refractivity contribution in [2.75, 3.05) is 31.1 Å². The maximum absolute atomic E-state index is 14.0. The molecular formula is C22H20ClFN4O2. The molecule has 6 nitrogen and oxygen atoms in total. The zero-order valence-corrected chi connectivity index (χ0v) is 16.9. The summed E-state index contributed by atoms with van der Waals surface area (Å²) in [6.07, 6.45) is 0. The molecule has 1 fully saturated rings. The van der Waals surface area contributed by atoms with Gasteiger partial charge >= 0.3 is 0 Å². The largest absolute Gasteiger partial charge is 0.368 e. The topological polar surface area (TPSA) is 58.4 Å². The van der Waals surface area contributed by atoms with E-state index in [0.29, 0.717) is 36.9 Å². The normalized spacial score (nSPS) is 14.1. The quantitative estimate of drug-likeness (QED) is 0.643. The molecule has 30 heavy (non-hydrogen) atoms. The van der Waals surface area contributed by atoms with Crippen molar-refractivity contribution in [1.82, 2.24) is 14.7 Å². The number of anilines is 1. The fourth-order valence-electron chi connectivity index (χ4n) is 3.49. The lowest BCUT2D eigenvalue weighted by molar-refractivity contribution is -0.132. The third kappa shape index (κ3) is 4.36. The number of rotatable bonds is 4. The summed E-state index contributed by atoms with van der Waals surface area (Å²) in [6, 6.07) is 16.6. The molecule has 1 amide bonds. The van der Waals surface area contributed by atoms with Crippen molar-refractivity contribution < 1.29 is 9.18 Å². The predicted octanol–water partition coefficient (Wildman–Crippen LogP) is 3.05. The van der Waals surface area contributed by atoms with Gasteiger partial charge in [0.15, 0.2) is 0 Å². The number of hydrogen-bond donors (Lipinski definition) is 0. The highest BCUT2D eigenvalue weighted by molar-refractivity contribution is 6.30. The summed E-state index contributed by atoms with van der Waals surface area (Å²) in [6.45, 7) is 2.23. The zero-order chi connectivity index (χ0) is 21.1. The van der Waals surface area contributed by atoms with E-state index < -0.39 is 11.4 Å². The molecule has 2 aromatic carbocycles. The van der Waals surface area contributed by atoms with E-state index in [-0.39, 0.29) is 18.0 Å². The average Bonchev–Trinajstić information content (AvgIpc) is 2.76. The minimum Gasteiger partial charge on any atom is -0.368 e. The van der Waals surface area contributed by atoms with Gasteiger partial charge in [0.1, 0.15) is 12.4 Å². The number of amides is 1. The summed E-state index contributed by atoms with van der Waals surface area (Å²) in [7, 11) is 0. The number of benzene rings is 2. The number of aromatic nitrogens is 2. The van der Waals surface area contributed by atoms with E-state index in [0.717, 1.165) is 10.4 Å². The first kappa shape index (κ1) is 20.1. The molecule has 3 aromatic rings. The van der Waals surface area contributed by atoms with E-state index in [1.807, 2.05) is 24.3 Å². The Morgan fingerprint density at radius 3 is 2.50 bits per heavy atom. The highest BCUT2D eigenvalue weighted by Crippen LogP contribution is 2.21. The number of nitrogens with zero attached hydrogens (tertiary/aromatic N) is 4. The van der Waals surface area contributed by atoms with Crippen LogP contribution in [0.25, 0.3) is 11.3 Å². The standard InChI is InChI=1S/C22H20ClFN4O2/c23-16-4-3-5-17(14-16)26-10-12-27(13-11-26)22(30)15-28-21(29)9-8-20(25-28)18-6-1-2-7-19(18)24/h1-9,14H,10-13,15H2. The zero-order valence-electron chi connectivity index (χ0n) is 16.2. The highest BCUT2D eigenvalue weighted by atomic mass is 35.5. The van der Waals surface area contributed by atoms with Crippen LogP contribution >= 0.6 is 11.6 Å². The predicted molar refractivity (Wildman–Crippen MR) is 114 cm³/mol. The lowest BCUT2D eigenvalue weighted by atomic mass is 10.1. The smallest absolute Gasteiger partial charge is 0.267 e. The van der Waals surface area contributed by atoms with E-state index in [9.17, 15) is 14.0 Å². The van der Waals surface area contributed by atoms with Crippen LogP contribution in [0.5, 0.6) is 0 Å². The first-order chi connectivity index (χ1) is 14.5. The van der Waals surface area contributed by atoms with Crippen molar-refractivity contribution in [3.63, 3.8) is 0 Å². The van der Waals surface area contributed by atoms with Crippen LogP contribution in [0.15, 0.2) is 65.5 Å². The number of piperazine rings is 1. The van der Waals surface area contributed by atoms with Gasteiger partial charge in [-0.3, -0.25) is 9.59 Å². The second kappa shape index (κ2) is 8.67. The minimum absolute atomic E-state index is 0.182. The Kier molecular flexibility index (Phi) is 5.81. The fourth-order valence-corrected chi connectivity index (χ4v) is 3.67. The Morgan fingerprint density at radius 2 is 1.77 bits per heavy atom. The molecule has 4 rings (SSSR count).